The van der Waals surface area contributed by atoms with Crippen LogP contribution in [0, 0.1) is 0 Å². The van der Waals surface area contributed by atoms with Crippen LogP contribution in [-0.2, 0) is 0 Å². The lowest BCUT2D eigenvalue weighted by Crippen LogP contribution is -2.30. The van der Waals surface area contributed by atoms with Crippen molar-refractivity contribution in [1.82, 2.24) is 14.9 Å². The Labute approximate surface area is 110 Å². The van der Waals surface area contributed by atoms with E-state index < -0.39 is 0 Å². The van der Waals surface area contributed by atoms with Crippen molar-refractivity contribution < 1.29 is 4.79 Å². The Morgan fingerprint density at radius 2 is 1.94 bits per heavy atom. The van der Waals surface area contributed by atoms with Crippen molar-refractivity contribution in [2.45, 2.75) is 13.8 Å². The molecule has 0 unspecified atom stereocenters. The van der Waals surface area contributed by atoms with Gasteiger partial charge in [0.1, 0.15) is 10.7 Å². The highest BCUT2D eigenvalue weighted by atomic mass is 32.1. The van der Waals surface area contributed by atoms with Crippen LogP contribution in [0.3, 0.4) is 0 Å². The summed E-state index contributed by atoms with van der Waals surface area (Å²) in [5, 5.41) is 2.67. The number of carbonyl (C=O) groups excluding carboxylic acids is 1. The third kappa shape index (κ3) is 2.56. The summed E-state index contributed by atoms with van der Waals surface area (Å²) in [5.41, 5.74) is 1.52. The molecule has 4 nitrogen and oxygen atoms in total. The molecule has 5 heteroatoms. The largest absolute Gasteiger partial charge is 0.338 e. The normalized spacial score (nSPS) is 10.3. The van der Waals surface area contributed by atoms with Gasteiger partial charge in [0.25, 0.3) is 5.91 Å². The summed E-state index contributed by atoms with van der Waals surface area (Å²) in [4.78, 5) is 22.2. The molecule has 2 rings (SSSR count). The van der Waals surface area contributed by atoms with Gasteiger partial charge in [0, 0.05) is 36.4 Å². The van der Waals surface area contributed by atoms with Gasteiger partial charge in [-0.25, -0.2) is 4.98 Å². The summed E-state index contributed by atoms with van der Waals surface area (Å²) >= 11 is 1.48. The first kappa shape index (κ1) is 12.7. The number of nitrogens with zero attached hydrogens (tertiary/aromatic N) is 3. The fourth-order valence-corrected chi connectivity index (χ4v) is 2.47. The molecule has 0 bridgehead atoms. The van der Waals surface area contributed by atoms with E-state index in [1.54, 1.807) is 17.3 Å². The highest BCUT2D eigenvalue weighted by Crippen LogP contribution is 2.23. The topological polar surface area (TPSA) is 46.1 Å². The van der Waals surface area contributed by atoms with E-state index in [4.69, 9.17) is 0 Å². The van der Waals surface area contributed by atoms with Crippen LogP contribution >= 0.6 is 11.3 Å². The Bertz CT molecular complexity index is 520. The number of rotatable bonds is 4. The third-order valence-corrected chi connectivity index (χ3v) is 3.59. The molecule has 0 fully saturated rings. The predicted molar refractivity (Wildman–Crippen MR) is 72.6 cm³/mol. The molecule has 0 aliphatic carbocycles. The standard InChI is InChI=1S/C13H15N3OS/c1-3-16(4-2)13(17)11-9-18-12(15-11)10-5-7-14-8-6-10/h5-9H,3-4H2,1-2H3. The van der Waals surface area contributed by atoms with Gasteiger partial charge in [0.05, 0.1) is 0 Å². The number of aromatic nitrogens is 2. The Morgan fingerprint density at radius 1 is 1.28 bits per heavy atom. The second-order valence-electron chi connectivity index (χ2n) is 3.75. The van der Waals surface area contributed by atoms with E-state index in [-0.39, 0.29) is 5.91 Å². The summed E-state index contributed by atoms with van der Waals surface area (Å²) in [6.45, 7) is 5.35. The minimum atomic E-state index is -0.00319. The van der Waals surface area contributed by atoms with Gasteiger partial charge < -0.3 is 4.90 Å². The first-order valence-electron chi connectivity index (χ1n) is 5.91. The van der Waals surface area contributed by atoms with Crippen LogP contribution in [0.15, 0.2) is 29.9 Å². The van der Waals surface area contributed by atoms with Gasteiger partial charge in [0.15, 0.2) is 0 Å². The number of pyridine rings is 1. The van der Waals surface area contributed by atoms with E-state index >= 15 is 0 Å². The van der Waals surface area contributed by atoms with E-state index in [0.717, 1.165) is 10.6 Å². The zero-order valence-corrected chi connectivity index (χ0v) is 11.3. The number of amides is 1. The molecule has 2 aromatic heterocycles. The molecule has 2 heterocycles. The van der Waals surface area contributed by atoms with Gasteiger partial charge in [-0.3, -0.25) is 9.78 Å². The van der Waals surface area contributed by atoms with Crippen LogP contribution in [0.2, 0.25) is 0 Å². The summed E-state index contributed by atoms with van der Waals surface area (Å²) in [7, 11) is 0. The van der Waals surface area contributed by atoms with Gasteiger partial charge in [-0.1, -0.05) is 0 Å². The Balaban J connectivity index is 2.23. The average molecular weight is 261 g/mol. The maximum atomic E-state index is 12.1. The lowest BCUT2D eigenvalue weighted by molar-refractivity contribution is 0.0768. The molecule has 1 amide bonds. The number of thiazole rings is 1. The fourth-order valence-electron chi connectivity index (χ4n) is 1.67. The molecule has 0 spiro atoms. The molecule has 0 N–H and O–H groups in total. The van der Waals surface area contributed by atoms with E-state index in [1.807, 2.05) is 31.4 Å². The van der Waals surface area contributed by atoms with Gasteiger partial charge in [-0.05, 0) is 26.0 Å². The van der Waals surface area contributed by atoms with Crippen molar-refractivity contribution in [2.75, 3.05) is 13.1 Å². The van der Waals surface area contributed by atoms with Crippen molar-refractivity contribution in [2.24, 2.45) is 0 Å². The van der Waals surface area contributed by atoms with Crippen molar-refractivity contribution in [1.29, 1.82) is 0 Å². The van der Waals surface area contributed by atoms with E-state index in [9.17, 15) is 4.79 Å². The van der Waals surface area contributed by atoms with Crippen LogP contribution < -0.4 is 0 Å². The highest BCUT2D eigenvalue weighted by Gasteiger charge is 2.16. The quantitative estimate of drug-likeness (QED) is 0.850. The van der Waals surface area contributed by atoms with Crippen molar-refractivity contribution in [3.63, 3.8) is 0 Å². The van der Waals surface area contributed by atoms with Crippen LogP contribution in [0.4, 0.5) is 0 Å². The second-order valence-corrected chi connectivity index (χ2v) is 4.61. The molecule has 0 aliphatic heterocycles. The second kappa shape index (κ2) is 5.73. The monoisotopic (exact) mass is 261 g/mol. The molecule has 0 aliphatic rings. The lowest BCUT2D eigenvalue weighted by atomic mass is 10.3. The molecule has 0 radical (unpaired) electrons. The zero-order chi connectivity index (χ0) is 13.0. The van der Waals surface area contributed by atoms with E-state index in [0.29, 0.717) is 18.8 Å². The highest BCUT2D eigenvalue weighted by molar-refractivity contribution is 7.13. The Morgan fingerprint density at radius 3 is 2.56 bits per heavy atom. The number of carbonyl (C=O) groups is 1. The van der Waals surface area contributed by atoms with E-state index in [1.165, 1.54) is 11.3 Å². The van der Waals surface area contributed by atoms with Gasteiger partial charge in [0.2, 0.25) is 0 Å². The number of hydrogen-bond donors (Lipinski definition) is 0. The van der Waals surface area contributed by atoms with Crippen molar-refractivity contribution in [3.05, 3.63) is 35.6 Å². The maximum absolute atomic E-state index is 12.1. The maximum Gasteiger partial charge on any atom is 0.273 e. The van der Waals surface area contributed by atoms with E-state index in [2.05, 4.69) is 9.97 Å². The summed E-state index contributed by atoms with van der Waals surface area (Å²) < 4.78 is 0. The summed E-state index contributed by atoms with van der Waals surface area (Å²) in [6, 6.07) is 3.79. The fraction of sp³-hybridized carbons (Fsp3) is 0.308. The van der Waals surface area contributed by atoms with Gasteiger partial charge >= 0.3 is 0 Å². The Kier molecular flexibility index (Phi) is 4.04. The molecule has 94 valence electrons. The minimum Gasteiger partial charge on any atom is -0.338 e. The Hall–Kier alpha value is -1.75. The van der Waals surface area contributed by atoms with Gasteiger partial charge in [-0.2, -0.15) is 0 Å². The molecular weight excluding hydrogens is 246 g/mol. The van der Waals surface area contributed by atoms with Crippen LogP contribution in [-0.4, -0.2) is 33.9 Å². The van der Waals surface area contributed by atoms with Crippen LogP contribution in [0.25, 0.3) is 10.6 Å². The predicted octanol–water partition coefficient (Wildman–Crippen LogP) is 2.69. The van der Waals surface area contributed by atoms with Crippen molar-refractivity contribution >= 4 is 17.2 Å². The smallest absolute Gasteiger partial charge is 0.273 e. The first-order chi connectivity index (χ1) is 8.76. The minimum absolute atomic E-state index is 0.00319. The van der Waals surface area contributed by atoms with Crippen LogP contribution in [0.1, 0.15) is 24.3 Å². The third-order valence-electron chi connectivity index (χ3n) is 2.70. The zero-order valence-electron chi connectivity index (χ0n) is 10.5. The average Bonchev–Trinajstić information content (AvgIpc) is 2.90. The van der Waals surface area contributed by atoms with Crippen LogP contribution in [0.5, 0.6) is 0 Å². The molecule has 0 saturated carbocycles. The first-order valence-corrected chi connectivity index (χ1v) is 6.79. The molecule has 0 atom stereocenters. The molecule has 2 aromatic rings. The van der Waals surface area contributed by atoms with Gasteiger partial charge in [-0.15, -0.1) is 11.3 Å². The van der Waals surface area contributed by atoms with Crippen molar-refractivity contribution in [3.8, 4) is 10.6 Å². The summed E-state index contributed by atoms with van der Waals surface area (Å²) in [6.07, 6.45) is 3.45. The molecular formula is C13H15N3OS. The number of hydrogen-bond acceptors (Lipinski definition) is 4. The summed E-state index contributed by atoms with van der Waals surface area (Å²) in [5.74, 6) is -0.00319. The molecule has 0 saturated heterocycles. The molecule has 0 aromatic carbocycles. The molecule has 18 heavy (non-hydrogen) atoms. The lowest BCUT2D eigenvalue weighted by Gasteiger charge is -2.16. The SMILES string of the molecule is CCN(CC)C(=O)c1csc(-c2ccncc2)n1.